The highest BCUT2D eigenvalue weighted by atomic mass is 79.9. The first-order valence-corrected chi connectivity index (χ1v) is 5.17. The Morgan fingerprint density at radius 1 is 1.60 bits per heavy atom. The molecular formula is C10H10BrNO3. The Balaban J connectivity index is 2.87. The zero-order valence-corrected chi connectivity index (χ0v) is 9.71. The van der Waals surface area contributed by atoms with Crippen LogP contribution in [0.5, 0.6) is 5.75 Å². The summed E-state index contributed by atoms with van der Waals surface area (Å²) >= 11 is 3.23. The van der Waals surface area contributed by atoms with E-state index in [0.717, 1.165) is 4.47 Å². The molecule has 0 atom stereocenters. The number of rotatable bonds is 3. The fourth-order valence-electron chi connectivity index (χ4n) is 0.974. The van der Waals surface area contributed by atoms with Crippen LogP contribution in [0, 0.1) is 0 Å². The van der Waals surface area contributed by atoms with Crippen molar-refractivity contribution in [2.45, 2.75) is 6.92 Å². The Morgan fingerprint density at radius 3 is 2.93 bits per heavy atom. The molecule has 0 spiro atoms. The zero-order valence-electron chi connectivity index (χ0n) is 8.12. The van der Waals surface area contributed by atoms with E-state index in [-0.39, 0.29) is 5.75 Å². The predicted molar refractivity (Wildman–Crippen MR) is 59.2 cm³/mol. The summed E-state index contributed by atoms with van der Waals surface area (Å²) in [4.78, 5) is 21.8. The quantitative estimate of drug-likeness (QED) is 0.859. The van der Waals surface area contributed by atoms with Crippen LogP contribution < -0.4 is 10.1 Å². The van der Waals surface area contributed by atoms with Gasteiger partial charge in [0.05, 0.1) is 5.56 Å². The lowest BCUT2D eigenvalue weighted by atomic mass is 10.2. The molecule has 0 heterocycles. The average molecular weight is 272 g/mol. The highest BCUT2D eigenvalue weighted by molar-refractivity contribution is 9.10. The number of aldehydes is 1. The van der Waals surface area contributed by atoms with Gasteiger partial charge in [0.25, 0.3) is 0 Å². The molecule has 0 saturated heterocycles. The van der Waals surface area contributed by atoms with Gasteiger partial charge in [-0.25, -0.2) is 4.79 Å². The van der Waals surface area contributed by atoms with Crippen LogP contribution in [-0.2, 0) is 0 Å². The first kappa shape index (κ1) is 11.7. The van der Waals surface area contributed by atoms with Gasteiger partial charge in [0.15, 0.2) is 6.29 Å². The van der Waals surface area contributed by atoms with Crippen molar-refractivity contribution in [2.75, 3.05) is 6.54 Å². The molecule has 1 aromatic carbocycles. The van der Waals surface area contributed by atoms with Crippen molar-refractivity contribution in [3.05, 3.63) is 28.2 Å². The predicted octanol–water partition coefficient (Wildman–Crippen LogP) is 2.37. The van der Waals surface area contributed by atoms with Crippen molar-refractivity contribution >= 4 is 28.3 Å². The third-order valence-electron chi connectivity index (χ3n) is 1.63. The molecule has 1 amide bonds. The Bertz CT molecular complexity index is 379. The van der Waals surface area contributed by atoms with Crippen LogP contribution in [0.4, 0.5) is 4.79 Å². The average Bonchev–Trinajstić information content (AvgIpc) is 2.18. The molecular weight excluding hydrogens is 262 g/mol. The van der Waals surface area contributed by atoms with Gasteiger partial charge in [0.1, 0.15) is 5.75 Å². The molecule has 15 heavy (non-hydrogen) atoms. The number of amides is 1. The lowest BCUT2D eigenvalue weighted by Crippen LogP contribution is -2.26. The van der Waals surface area contributed by atoms with E-state index in [1.165, 1.54) is 0 Å². The number of halogens is 1. The lowest BCUT2D eigenvalue weighted by Gasteiger charge is -2.06. The molecule has 0 aliphatic rings. The SMILES string of the molecule is CCNC(=O)Oc1cc(Br)ccc1C=O. The molecule has 0 saturated carbocycles. The summed E-state index contributed by atoms with van der Waals surface area (Å²) in [5.74, 6) is 0.241. The maximum Gasteiger partial charge on any atom is 0.412 e. The van der Waals surface area contributed by atoms with Crippen LogP contribution >= 0.6 is 15.9 Å². The summed E-state index contributed by atoms with van der Waals surface area (Å²) in [6, 6.07) is 4.85. The van der Waals surface area contributed by atoms with Gasteiger partial charge < -0.3 is 10.1 Å². The second kappa shape index (κ2) is 5.50. The fourth-order valence-corrected chi connectivity index (χ4v) is 1.31. The highest BCUT2D eigenvalue weighted by Gasteiger charge is 2.08. The molecule has 1 N–H and O–H groups in total. The Morgan fingerprint density at radius 2 is 2.33 bits per heavy atom. The van der Waals surface area contributed by atoms with E-state index in [2.05, 4.69) is 21.2 Å². The van der Waals surface area contributed by atoms with E-state index in [9.17, 15) is 9.59 Å². The second-order valence-electron chi connectivity index (χ2n) is 2.72. The topological polar surface area (TPSA) is 55.4 Å². The van der Waals surface area contributed by atoms with Gasteiger partial charge in [0.2, 0.25) is 0 Å². The van der Waals surface area contributed by atoms with E-state index in [1.807, 2.05) is 0 Å². The van der Waals surface area contributed by atoms with Gasteiger partial charge in [-0.2, -0.15) is 0 Å². The van der Waals surface area contributed by atoms with E-state index < -0.39 is 6.09 Å². The van der Waals surface area contributed by atoms with Gasteiger partial charge >= 0.3 is 6.09 Å². The lowest BCUT2D eigenvalue weighted by molar-refractivity contribution is 0.112. The van der Waals surface area contributed by atoms with Crippen molar-refractivity contribution in [1.82, 2.24) is 5.32 Å². The van der Waals surface area contributed by atoms with E-state index in [1.54, 1.807) is 25.1 Å². The molecule has 4 nitrogen and oxygen atoms in total. The highest BCUT2D eigenvalue weighted by Crippen LogP contribution is 2.22. The number of nitrogens with one attached hydrogen (secondary N) is 1. The molecule has 0 radical (unpaired) electrons. The van der Waals surface area contributed by atoms with E-state index in [4.69, 9.17) is 4.74 Å². The van der Waals surface area contributed by atoms with Crippen molar-refractivity contribution in [3.63, 3.8) is 0 Å². The monoisotopic (exact) mass is 271 g/mol. The largest absolute Gasteiger partial charge is 0.412 e. The molecule has 0 aromatic heterocycles. The van der Waals surface area contributed by atoms with Crippen LogP contribution in [0.3, 0.4) is 0 Å². The van der Waals surface area contributed by atoms with Gasteiger partial charge in [-0.15, -0.1) is 0 Å². The number of carbonyl (C=O) groups is 2. The van der Waals surface area contributed by atoms with Gasteiger partial charge in [-0.05, 0) is 25.1 Å². The van der Waals surface area contributed by atoms with Crippen LogP contribution in [0.2, 0.25) is 0 Å². The maximum absolute atomic E-state index is 11.1. The minimum absolute atomic E-state index is 0.241. The minimum Gasteiger partial charge on any atom is -0.410 e. The molecule has 0 bridgehead atoms. The summed E-state index contributed by atoms with van der Waals surface area (Å²) in [6.45, 7) is 2.26. The number of hydrogen-bond donors (Lipinski definition) is 1. The second-order valence-corrected chi connectivity index (χ2v) is 3.64. The van der Waals surface area contributed by atoms with Crippen molar-refractivity contribution in [2.24, 2.45) is 0 Å². The number of carbonyl (C=O) groups excluding carboxylic acids is 2. The minimum atomic E-state index is -0.571. The standard InChI is InChI=1S/C10H10BrNO3/c1-2-12-10(14)15-9-5-8(11)4-3-7(9)6-13/h3-6H,2H2,1H3,(H,12,14). The van der Waals surface area contributed by atoms with Gasteiger partial charge in [-0.3, -0.25) is 4.79 Å². The van der Waals surface area contributed by atoms with Crippen LogP contribution in [-0.4, -0.2) is 18.9 Å². The maximum atomic E-state index is 11.1. The van der Waals surface area contributed by atoms with Crippen LogP contribution in [0.25, 0.3) is 0 Å². The molecule has 0 fully saturated rings. The summed E-state index contributed by atoms with van der Waals surface area (Å²) in [5.41, 5.74) is 0.337. The van der Waals surface area contributed by atoms with Crippen LogP contribution in [0.15, 0.2) is 22.7 Å². The van der Waals surface area contributed by atoms with Gasteiger partial charge in [-0.1, -0.05) is 15.9 Å². The van der Waals surface area contributed by atoms with Crippen molar-refractivity contribution in [3.8, 4) is 5.75 Å². The van der Waals surface area contributed by atoms with Crippen molar-refractivity contribution in [1.29, 1.82) is 0 Å². The molecule has 0 aliphatic heterocycles. The number of benzene rings is 1. The smallest absolute Gasteiger partial charge is 0.410 e. The summed E-state index contributed by atoms with van der Waals surface area (Å²) < 4.78 is 5.69. The first-order valence-electron chi connectivity index (χ1n) is 4.37. The number of hydrogen-bond acceptors (Lipinski definition) is 3. The Hall–Kier alpha value is -1.36. The van der Waals surface area contributed by atoms with Crippen molar-refractivity contribution < 1.29 is 14.3 Å². The normalized spacial score (nSPS) is 9.47. The molecule has 5 heteroatoms. The third-order valence-corrected chi connectivity index (χ3v) is 2.12. The zero-order chi connectivity index (χ0) is 11.3. The summed E-state index contributed by atoms with van der Waals surface area (Å²) in [5, 5.41) is 2.47. The summed E-state index contributed by atoms with van der Waals surface area (Å²) in [7, 11) is 0. The Labute approximate surface area is 95.7 Å². The van der Waals surface area contributed by atoms with Gasteiger partial charge in [0, 0.05) is 11.0 Å². The molecule has 80 valence electrons. The Kier molecular flexibility index (Phi) is 4.30. The molecule has 1 rings (SSSR count). The van der Waals surface area contributed by atoms with Crippen LogP contribution in [0.1, 0.15) is 17.3 Å². The molecule has 1 aromatic rings. The number of ether oxygens (including phenoxy) is 1. The molecule has 0 aliphatic carbocycles. The fraction of sp³-hybridized carbons (Fsp3) is 0.200. The van der Waals surface area contributed by atoms with E-state index in [0.29, 0.717) is 18.4 Å². The van der Waals surface area contributed by atoms with E-state index >= 15 is 0 Å². The molecule has 0 unspecified atom stereocenters. The first-order chi connectivity index (χ1) is 7.17. The summed E-state index contributed by atoms with van der Waals surface area (Å²) in [6.07, 6.45) is 0.0692. The third kappa shape index (κ3) is 3.36.